The summed E-state index contributed by atoms with van der Waals surface area (Å²) in [6, 6.07) is 8.96. The van der Waals surface area contributed by atoms with E-state index in [1.165, 1.54) is 6.26 Å². The van der Waals surface area contributed by atoms with Gasteiger partial charge < -0.3 is 18.8 Å². The molecule has 0 aliphatic carbocycles. The molecule has 1 saturated heterocycles. The van der Waals surface area contributed by atoms with Gasteiger partial charge in [-0.2, -0.15) is 0 Å². The monoisotopic (exact) mass is 352 g/mol. The van der Waals surface area contributed by atoms with Gasteiger partial charge >= 0.3 is 0 Å². The predicted molar refractivity (Wildman–Crippen MR) is 96.0 cm³/mol. The fourth-order valence-corrected chi connectivity index (χ4v) is 3.30. The number of furan rings is 1. The predicted octanol–water partition coefficient (Wildman–Crippen LogP) is 2.07. The average Bonchev–Trinajstić information content (AvgIpc) is 3.29. The molecule has 1 aliphatic heterocycles. The normalized spacial score (nSPS) is 14.8. The molecule has 0 saturated carbocycles. The molecule has 2 amide bonds. The van der Waals surface area contributed by atoms with Gasteiger partial charge in [-0.3, -0.25) is 9.59 Å². The molecule has 1 aromatic carbocycles. The van der Waals surface area contributed by atoms with E-state index in [-0.39, 0.29) is 11.8 Å². The topological polar surface area (TPSA) is 71.6 Å². The van der Waals surface area contributed by atoms with Gasteiger partial charge in [0.15, 0.2) is 5.76 Å². The molecule has 0 atom stereocenters. The molecule has 0 spiro atoms. The molecule has 2 aromatic heterocycles. The Hall–Kier alpha value is -3.09. The van der Waals surface area contributed by atoms with Crippen molar-refractivity contribution < 1.29 is 14.0 Å². The second kappa shape index (κ2) is 6.33. The largest absolute Gasteiger partial charge is 0.459 e. The van der Waals surface area contributed by atoms with Crippen LogP contribution in [0.4, 0.5) is 0 Å². The summed E-state index contributed by atoms with van der Waals surface area (Å²) >= 11 is 0. The third-order valence-corrected chi connectivity index (χ3v) is 4.94. The van der Waals surface area contributed by atoms with Crippen LogP contribution >= 0.6 is 0 Å². The Bertz CT molecular complexity index is 966. The first-order valence-corrected chi connectivity index (χ1v) is 8.60. The quantitative estimate of drug-likeness (QED) is 0.708. The smallest absolute Gasteiger partial charge is 0.289 e. The van der Waals surface area contributed by atoms with Crippen LogP contribution in [0.3, 0.4) is 0 Å². The molecule has 26 heavy (non-hydrogen) atoms. The highest BCUT2D eigenvalue weighted by Gasteiger charge is 2.26. The lowest BCUT2D eigenvalue weighted by atomic mass is 10.1. The molecule has 7 nitrogen and oxygen atoms in total. The SMILES string of the molecule is Cc1nc2cc(C(=O)N3CCN(C(=O)c4ccco4)CC3)ccc2n1C. The third kappa shape index (κ3) is 2.75. The van der Waals surface area contributed by atoms with Crippen molar-refractivity contribution in [3.8, 4) is 0 Å². The summed E-state index contributed by atoms with van der Waals surface area (Å²) in [5, 5.41) is 0. The van der Waals surface area contributed by atoms with E-state index in [0.717, 1.165) is 16.9 Å². The Balaban J connectivity index is 1.46. The minimum atomic E-state index is -0.132. The zero-order valence-corrected chi connectivity index (χ0v) is 14.8. The average molecular weight is 352 g/mol. The number of hydrogen-bond acceptors (Lipinski definition) is 4. The minimum Gasteiger partial charge on any atom is -0.459 e. The summed E-state index contributed by atoms with van der Waals surface area (Å²) in [5.74, 6) is 1.09. The summed E-state index contributed by atoms with van der Waals surface area (Å²) < 4.78 is 7.17. The first-order chi connectivity index (χ1) is 12.5. The van der Waals surface area contributed by atoms with Gasteiger partial charge in [0, 0.05) is 38.8 Å². The highest BCUT2D eigenvalue weighted by Crippen LogP contribution is 2.18. The van der Waals surface area contributed by atoms with Crippen LogP contribution in [0, 0.1) is 6.92 Å². The van der Waals surface area contributed by atoms with E-state index in [9.17, 15) is 9.59 Å². The highest BCUT2D eigenvalue weighted by atomic mass is 16.3. The molecule has 0 bridgehead atoms. The van der Waals surface area contributed by atoms with Crippen molar-refractivity contribution in [2.45, 2.75) is 6.92 Å². The first kappa shape index (κ1) is 16.4. The van der Waals surface area contributed by atoms with E-state index in [1.807, 2.05) is 36.7 Å². The van der Waals surface area contributed by atoms with Crippen LogP contribution in [0.15, 0.2) is 41.0 Å². The molecule has 1 fully saturated rings. The maximum Gasteiger partial charge on any atom is 0.289 e. The fourth-order valence-electron chi connectivity index (χ4n) is 3.30. The number of imidazole rings is 1. The second-order valence-corrected chi connectivity index (χ2v) is 6.48. The van der Waals surface area contributed by atoms with E-state index in [1.54, 1.807) is 21.9 Å². The Morgan fingerprint density at radius 2 is 1.73 bits per heavy atom. The number of fused-ring (bicyclic) bond motifs is 1. The third-order valence-electron chi connectivity index (χ3n) is 4.94. The molecule has 0 radical (unpaired) electrons. The molecule has 134 valence electrons. The lowest BCUT2D eigenvalue weighted by molar-refractivity contribution is 0.0518. The number of hydrogen-bond donors (Lipinski definition) is 0. The molecular formula is C19H20N4O3. The Labute approximate surface area is 150 Å². The van der Waals surface area contributed by atoms with Crippen molar-refractivity contribution in [3.63, 3.8) is 0 Å². The number of amides is 2. The van der Waals surface area contributed by atoms with Crippen molar-refractivity contribution in [1.29, 1.82) is 0 Å². The first-order valence-electron chi connectivity index (χ1n) is 8.60. The van der Waals surface area contributed by atoms with Crippen molar-refractivity contribution in [3.05, 3.63) is 53.7 Å². The van der Waals surface area contributed by atoms with E-state index < -0.39 is 0 Å². The van der Waals surface area contributed by atoms with Crippen LogP contribution in [0.2, 0.25) is 0 Å². The summed E-state index contributed by atoms with van der Waals surface area (Å²) in [6.07, 6.45) is 1.49. The number of nitrogens with zero attached hydrogens (tertiary/aromatic N) is 4. The van der Waals surface area contributed by atoms with Gasteiger partial charge in [0.05, 0.1) is 17.3 Å². The Kier molecular flexibility index (Phi) is 3.99. The van der Waals surface area contributed by atoms with Gasteiger partial charge in [0.1, 0.15) is 5.82 Å². The number of benzene rings is 1. The van der Waals surface area contributed by atoms with Crippen LogP contribution in [-0.4, -0.2) is 57.3 Å². The summed E-state index contributed by atoms with van der Waals surface area (Å²) in [7, 11) is 1.96. The van der Waals surface area contributed by atoms with Gasteiger partial charge in [0.2, 0.25) is 0 Å². The second-order valence-electron chi connectivity index (χ2n) is 6.48. The number of rotatable bonds is 2. The number of piperazine rings is 1. The van der Waals surface area contributed by atoms with Gasteiger partial charge in [-0.1, -0.05) is 0 Å². The lowest BCUT2D eigenvalue weighted by Crippen LogP contribution is -2.50. The molecule has 3 heterocycles. The maximum absolute atomic E-state index is 12.8. The van der Waals surface area contributed by atoms with E-state index >= 15 is 0 Å². The maximum atomic E-state index is 12.8. The van der Waals surface area contributed by atoms with Crippen molar-refractivity contribution in [2.75, 3.05) is 26.2 Å². The Morgan fingerprint density at radius 1 is 1.04 bits per heavy atom. The Morgan fingerprint density at radius 3 is 2.38 bits per heavy atom. The van der Waals surface area contributed by atoms with E-state index in [2.05, 4.69) is 4.98 Å². The summed E-state index contributed by atoms with van der Waals surface area (Å²) in [6.45, 7) is 3.94. The lowest BCUT2D eigenvalue weighted by Gasteiger charge is -2.34. The summed E-state index contributed by atoms with van der Waals surface area (Å²) in [4.78, 5) is 33.1. The van der Waals surface area contributed by atoms with Gasteiger partial charge in [-0.25, -0.2) is 4.98 Å². The molecule has 1 aliphatic rings. The zero-order valence-electron chi connectivity index (χ0n) is 14.8. The van der Waals surface area contributed by atoms with Crippen LogP contribution in [0.25, 0.3) is 11.0 Å². The van der Waals surface area contributed by atoms with Crippen LogP contribution in [0.1, 0.15) is 26.7 Å². The van der Waals surface area contributed by atoms with Crippen LogP contribution in [0.5, 0.6) is 0 Å². The molecule has 0 unspecified atom stereocenters. The van der Waals surface area contributed by atoms with Gasteiger partial charge in [-0.15, -0.1) is 0 Å². The zero-order chi connectivity index (χ0) is 18.3. The van der Waals surface area contributed by atoms with E-state index in [4.69, 9.17) is 4.42 Å². The van der Waals surface area contributed by atoms with Crippen molar-refractivity contribution >= 4 is 22.8 Å². The van der Waals surface area contributed by atoms with Gasteiger partial charge in [0.25, 0.3) is 11.8 Å². The number of carbonyl (C=O) groups is 2. The molecule has 0 N–H and O–H groups in total. The van der Waals surface area contributed by atoms with Crippen LogP contribution in [-0.2, 0) is 7.05 Å². The summed E-state index contributed by atoms with van der Waals surface area (Å²) in [5.41, 5.74) is 2.46. The number of aryl methyl sites for hydroxylation is 2. The fraction of sp³-hybridized carbons (Fsp3) is 0.316. The molecule has 7 heteroatoms. The van der Waals surface area contributed by atoms with Crippen molar-refractivity contribution in [1.82, 2.24) is 19.4 Å². The van der Waals surface area contributed by atoms with Crippen molar-refractivity contribution in [2.24, 2.45) is 7.05 Å². The molecular weight excluding hydrogens is 332 g/mol. The standard InChI is InChI=1S/C19H20N4O3/c1-13-20-15-12-14(5-6-16(15)21(13)2)18(24)22-7-9-23(10-8-22)19(25)17-4-3-11-26-17/h3-6,11-12H,7-10H2,1-2H3. The number of carbonyl (C=O) groups excluding carboxylic acids is 2. The number of aromatic nitrogens is 2. The highest BCUT2D eigenvalue weighted by molar-refractivity contribution is 5.98. The molecule has 4 rings (SSSR count). The minimum absolute atomic E-state index is 0.0275. The van der Waals surface area contributed by atoms with E-state index in [0.29, 0.717) is 37.5 Å². The van der Waals surface area contributed by atoms with Gasteiger partial charge in [-0.05, 0) is 37.3 Å². The van der Waals surface area contributed by atoms with Crippen LogP contribution < -0.4 is 0 Å². The molecule has 3 aromatic rings.